The van der Waals surface area contributed by atoms with E-state index in [9.17, 15) is 9.18 Å². The van der Waals surface area contributed by atoms with E-state index in [2.05, 4.69) is 10.1 Å². The van der Waals surface area contributed by atoms with Gasteiger partial charge in [0.05, 0.1) is 5.69 Å². The van der Waals surface area contributed by atoms with Crippen LogP contribution in [0.15, 0.2) is 24.3 Å². The average Bonchev–Trinajstić information content (AvgIpc) is 3.07. The number of likely N-dealkylation sites (tertiary alicyclic amines) is 1. The lowest BCUT2D eigenvalue weighted by atomic mass is 10.0. The Labute approximate surface area is 159 Å². The molecule has 1 unspecified atom stereocenters. The van der Waals surface area contributed by atoms with E-state index < -0.39 is 0 Å². The summed E-state index contributed by atoms with van der Waals surface area (Å²) in [6.07, 6.45) is 2.95. The van der Waals surface area contributed by atoms with E-state index >= 15 is 0 Å². The molecule has 1 aromatic carbocycles. The first-order chi connectivity index (χ1) is 12.0. The molecule has 0 saturated carbocycles. The molecule has 2 aromatic rings. The fraction of sp³-hybridized carbons (Fsp3) is 0.500. The van der Waals surface area contributed by atoms with Crippen molar-refractivity contribution >= 4 is 18.3 Å². The second-order valence-corrected chi connectivity index (χ2v) is 6.72. The van der Waals surface area contributed by atoms with Gasteiger partial charge in [0, 0.05) is 25.0 Å². The molecule has 0 aliphatic carbocycles. The van der Waals surface area contributed by atoms with Gasteiger partial charge in [-0.1, -0.05) is 19.9 Å². The van der Waals surface area contributed by atoms with Crippen molar-refractivity contribution in [1.82, 2.24) is 19.7 Å². The van der Waals surface area contributed by atoms with E-state index in [-0.39, 0.29) is 41.9 Å². The molecule has 1 atom stereocenters. The second-order valence-electron chi connectivity index (χ2n) is 6.72. The lowest BCUT2D eigenvalue weighted by Gasteiger charge is -2.34. The smallest absolute Gasteiger partial charge is 0.293 e. The number of carbonyl (C=O) groups is 1. The van der Waals surface area contributed by atoms with Gasteiger partial charge in [0.25, 0.3) is 5.91 Å². The Morgan fingerprint density at radius 3 is 2.81 bits per heavy atom. The normalized spacial score (nSPS) is 17.3. The third-order valence-electron chi connectivity index (χ3n) is 4.55. The molecule has 1 aromatic heterocycles. The first-order valence-electron chi connectivity index (χ1n) is 8.75. The standard InChI is InChI=1S/C18H24FN5O.ClH/c1-12(2)17-21-16(18(25)23-9-4-3-7-15(23)11-20)22-24(17)14-8-5-6-13(19)10-14;/h5-6,8,10,12,15H,3-4,7,9,11,20H2,1-2H3;1H. The van der Waals surface area contributed by atoms with Crippen molar-refractivity contribution in [3.8, 4) is 5.69 Å². The van der Waals surface area contributed by atoms with Crippen molar-refractivity contribution in [2.45, 2.75) is 45.1 Å². The minimum atomic E-state index is -0.352. The highest BCUT2D eigenvalue weighted by Gasteiger charge is 2.30. The van der Waals surface area contributed by atoms with Crippen LogP contribution in [-0.2, 0) is 0 Å². The van der Waals surface area contributed by atoms with E-state index in [1.165, 1.54) is 12.1 Å². The van der Waals surface area contributed by atoms with Gasteiger partial charge in [0.15, 0.2) is 0 Å². The highest BCUT2D eigenvalue weighted by Crippen LogP contribution is 2.21. The third-order valence-corrected chi connectivity index (χ3v) is 4.55. The lowest BCUT2D eigenvalue weighted by molar-refractivity contribution is 0.0610. The second kappa shape index (κ2) is 8.60. The molecule has 0 bridgehead atoms. The number of nitrogens with two attached hydrogens (primary N) is 1. The number of amides is 1. The number of carbonyl (C=O) groups excluding carboxylic acids is 1. The summed E-state index contributed by atoms with van der Waals surface area (Å²) in [4.78, 5) is 19.1. The van der Waals surface area contributed by atoms with E-state index in [0.717, 1.165) is 19.3 Å². The molecular formula is C18H25ClFN5O. The summed E-state index contributed by atoms with van der Waals surface area (Å²) >= 11 is 0. The maximum Gasteiger partial charge on any atom is 0.293 e. The Bertz CT molecular complexity index is 764. The summed E-state index contributed by atoms with van der Waals surface area (Å²) in [5.41, 5.74) is 6.38. The monoisotopic (exact) mass is 381 g/mol. The highest BCUT2D eigenvalue weighted by atomic mass is 35.5. The van der Waals surface area contributed by atoms with Crippen molar-refractivity contribution < 1.29 is 9.18 Å². The molecule has 1 aliphatic heterocycles. The number of hydrogen-bond donors (Lipinski definition) is 1. The number of piperidine rings is 1. The van der Waals surface area contributed by atoms with Crippen LogP contribution in [0.1, 0.15) is 55.5 Å². The minimum Gasteiger partial charge on any atom is -0.332 e. The summed E-state index contributed by atoms with van der Waals surface area (Å²) in [6, 6.07) is 6.17. The van der Waals surface area contributed by atoms with Crippen LogP contribution in [0.25, 0.3) is 5.69 Å². The molecule has 1 amide bonds. The summed E-state index contributed by atoms with van der Waals surface area (Å²) in [7, 11) is 0. The molecule has 1 saturated heterocycles. The van der Waals surface area contributed by atoms with Gasteiger partial charge in [0.1, 0.15) is 11.6 Å². The van der Waals surface area contributed by atoms with Crippen LogP contribution in [0.4, 0.5) is 4.39 Å². The van der Waals surface area contributed by atoms with Crippen LogP contribution in [-0.4, -0.2) is 44.7 Å². The Balaban J connectivity index is 0.00000243. The predicted octanol–water partition coefficient (Wildman–Crippen LogP) is 2.91. The van der Waals surface area contributed by atoms with Crippen LogP contribution in [0, 0.1) is 5.82 Å². The SMILES string of the molecule is CC(C)c1nc(C(=O)N2CCCCC2CN)nn1-c1cccc(F)c1.Cl. The Kier molecular flexibility index (Phi) is 6.72. The van der Waals surface area contributed by atoms with Gasteiger partial charge in [-0.15, -0.1) is 17.5 Å². The van der Waals surface area contributed by atoms with Crippen LogP contribution in [0.2, 0.25) is 0 Å². The largest absolute Gasteiger partial charge is 0.332 e. The van der Waals surface area contributed by atoms with E-state index in [0.29, 0.717) is 24.6 Å². The van der Waals surface area contributed by atoms with Crippen LogP contribution in [0.5, 0.6) is 0 Å². The number of aromatic nitrogens is 3. The molecule has 1 fully saturated rings. The zero-order valence-corrected chi connectivity index (χ0v) is 15.9. The zero-order valence-electron chi connectivity index (χ0n) is 15.1. The van der Waals surface area contributed by atoms with Crippen molar-refractivity contribution in [3.63, 3.8) is 0 Å². The van der Waals surface area contributed by atoms with Crippen LogP contribution >= 0.6 is 12.4 Å². The predicted molar refractivity (Wildman–Crippen MR) is 100 cm³/mol. The highest BCUT2D eigenvalue weighted by molar-refractivity contribution is 5.90. The van der Waals surface area contributed by atoms with Gasteiger partial charge in [0.2, 0.25) is 5.82 Å². The molecule has 2 heterocycles. The van der Waals surface area contributed by atoms with E-state index in [1.807, 2.05) is 13.8 Å². The summed E-state index contributed by atoms with van der Waals surface area (Å²) < 4.78 is 15.1. The van der Waals surface area contributed by atoms with Crippen LogP contribution in [0.3, 0.4) is 0 Å². The van der Waals surface area contributed by atoms with Crippen molar-refractivity contribution in [3.05, 3.63) is 41.7 Å². The first-order valence-corrected chi connectivity index (χ1v) is 8.75. The van der Waals surface area contributed by atoms with Gasteiger partial charge >= 0.3 is 0 Å². The zero-order chi connectivity index (χ0) is 18.0. The lowest BCUT2D eigenvalue weighted by Crippen LogP contribution is -2.47. The third kappa shape index (κ3) is 4.04. The molecule has 1 aliphatic rings. The molecule has 6 nitrogen and oxygen atoms in total. The summed E-state index contributed by atoms with van der Waals surface area (Å²) in [5, 5.41) is 4.39. The maximum atomic E-state index is 13.6. The molecule has 8 heteroatoms. The molecule has 2 N–H and O–H groups in total. The Hall–Kier alpha value is -1.99. The number of halogens is 2. The first kappa shape index (κ1) is 20.3. The molecule has 26 heavy (non-hydrogen) atoms. The molecular weight excluding hydrogens is 357 g/mol. The number of nitrogens with zero attached hydrogens (tertiary/aromatic N) is 4. The van der Waals surface area contributed by atoms with Crippen molar-refractivity contribution in [2.24, 2.45) is 5.73 Å². The van der Waals surface area contributed by atoms with Crippen molar-refractivity contribution in [2.75, 3.05) is 13.1 Å². The topological polar surface area (TPSA) is 77.0 Å². The maximum absolute atomic E-state index is 13.6. The molecule has 0 spiro atoms. The number of benzene rings is 1. The fourth-order valence-corrected chi connectivity index (χ4v) is 3.23. The van der Waals surface area contributed by atoms with E-state index in [4.69, 9.17) is 5.73 Å². The number of rotatable bonds is 4. The summed E-state index contributed by atoms with van der Waals surface area (Å²) in [5.74, 6) is 0.273. The summed E-state index contributed by atoms with van der Waals surface area (Å²) in [6.45, 7) is 5.05. The molecule has 142 valence electrons. The number of hydrogen-bond acceptors (Lipinski definition) is 4. The molecule has 0 radical (unpaired) electrons. The average molecular weight is 382 g/mol. The van der Waals surface area contributed by atoms with Crippen molar-refractivity contribution in [1.29, 1.82) is 0 Å². The quantitative estimate of drug-likeness (QED) is 0.883. The van der Waals surface area contributed by atoms with Gasteiger partial charge in [-0.05, 0) is 37.5 Å². The minimum absolute atomic E-state index is 0. The van der Waals surface area contributed by atoms with Gasteiger partial charge in [-0.25, -0.2) is 14.1 Å². The van der Waals surface area contributed by atoms with Crippen LogP contribution < -0.4 is 5.73 Å². The molecule has 3 rings (SSSR count). The van der Waals surface area contributed by atoms with E-state index in [1.54, 1.807) is 21.7 Å². The Morgan fingerprint density at radius 1 is 1.38 bits per heavy atom. The van der Waals surface area contributed by atoms with Gasteiger partial charge < -0.3 is 10.6 Å². The van der Waals surface area contributed by atoms with Gasteiger partial charge in [-0.2, -0.15) is 0 Å². The van der Waals surface area contributed by atoms with Gasteiger partial charge in [-0.3, -0.25) is 4.79 Å². The Morgan fingerprint density at radius 2 is 2.15 bits per heavy atom. The fourth-order valence-electron chi connectivity index (χ4n) is 3.23.